The van der Waals surface area contributed by atoms with Crippen LogP contribution in [0.4, 0.5) is 0 Å². The summed E-state index contributed by atoms with van der Waals surface area (Å²) in [6, 6.07) is 14.0. The summed E-state index contributed by atoms with van der Waals surface area (Å²) < 4.78 is 29.1. The van der Waals surface area contributed by atoms with Crippen molar-refractivity contribution in [1.29, 1.82) is 0 Å². The minimum absolute atomic E-state index is 0.0113. The molecule has 5 rings (SSSR count). The van der Waals surface area contributed by atoms with Crippen LogP contribution in [0.15, 0.2) is 59.1 Å². The third-order valence-electron chi connectivity index (χ3n) is 4.96. The molecule has 1 saturated heterocycles. The van der Waals surface area contributed by atoms with Gasteiger partial charge < -0.3 is 0 Å². The molecule has 6 nitrogen and oxygen atoms in total. The lowest BCUT2D eigenvalue weighted by Gasteiger charge is -2.31. The van der Waals surface area contributed by atoms with E-state index in [9.17, 15) is 13.2 Å². The van der Waals surface area contributed by atoms with Crippen LogP contribution in [0.25, 0.3) is 16.3 Å². The van der Waals surface area contributed by atoms with Crippen LogP contribution >= 0.6 is 11.3 Å². The van der Waals surface area contributed by atoms with Crippen molar-refractivity contribution in [2.45, 2.75) is 23.5 Å². The lowest BCUT2D eigenvalue weighted by molar-refractivity contribution is -0.127. The van der Waals surface area contributed by atoms with Gasteiger partial charge in [0.1, 0.15) is 12.2 Å². The number of para-hydroxylation sites is 1. The third-order valence-corrected chi connectivity index (χ3v) is 8.28. The molecule has 0 bridgehead atoms. The number of amides is 1. The van der Waals surface area contributed by atoms with Gasteiger partial charge in [0.2, 0.25) is 10.2 Å². The van der Waals surface area contributed by atoms with Crippen molar-refractivity contribution in [1.82, 2.24) is 14.2 Å². The number of carbonyl (C=O) groups excluding carboxylic acids is 1. The van der Waals surface area contributed by atoms with E-state index < -0.39 is 22.2 Å². The number of thiazole rings is 1. The minimum atomic E-state index is -3.95. The molecule has 0 spiro atoms. The van der Waals surface area contributed by atoms with Gasteiger partial charge in [-0.2, -0.15) is 4.31 Å². The Hall–Kier alpha value is -2.55. The summed E-state index contributed by atoms with van der Waals surface area (Å²) in [5.41, 5.74) is 2.34. The highest BCUT2D eigenvalue weighted by molar-refractivity contribution is 7.91. The summed E-state index contributed by atoms with van der Waals surface area (Å²) >= 11 is 1.13. The molecule has 1 aromatic heterocycles. The van der Waals surface area contributed by atoms with E-state index in [2.05, 4.69) is 4.98 Å². The number of carbonyl (C=O) groups is 1. The van der Waals surface area contributed by atoms with E-state index >= 15 is 0 Å². The minimum Gasteiger partial charge on any atom is -0.296 e. The van der Waals surface area contributed by atoms with Crippen LogP contribution in [0, 0.1) is 0 Å². The lowest BCUT2D eigenvalue weighted by Crippen LogP contribution is -2.38. The predicted octanol–water partition coefficient (Wildman–Crippen LogP) is 3.20. The Labute approximate surface area is 160 Å². The summed E-state index contributed by atoms with van der Waals surface area (Å²) in [7, 11) is -3.95. The summed E-state index contributed by atoms with van der Waals surface area (Å²) in [5.74, 6) is -0.240. The fourth-order valence-corrected chi connectivity index (χ4v) is 6.70. The zero-order chi connectivity index (χ0) is 18.8. The number of sulfonamides is 1. The first-order chi connectivity index (χ1) is 13.0. The van der Waals surface area contributed by atoms with Crippen molar-refractivity contribution in [2.75, 3.05) is 0 Å². The van der Waals surface area contributed by atoms with E-state index in [0.717, 1.165) is 27.2 Å². The second kappa shape index (κ2) is 5.72. The molecule has 1 fully saturated rings. The van der Waals surface area contributed by atoms with Crippen molar-refractivity contribution >= 4 is 43.6 Å². The van der Waals surface area contributed by atoms with Gasteiger partial charge in [0, 0.05) is 6.20 Å². The molecular weight excluding hydrogens is 382 g/mol. The fourth-order valence-electron chi connectivity index (χ4n) is 3.67. The Balaban J connectivity index is 1.68. The van der Waals surface area contributed by atoms with Gasteiger partial charge in [0.25, 0.3) is 10.0 Å². The molecule has 0 unspecified atom stereocenters. The molecule has 2 aliphatic rings. The molecule has 136 valence electrons. The van der Waals surface area contributed by atoms with Crippen LogP contribution in [-0.2, 0) is 14.8 Å². The van der Waals surface area contributed by atoms with Crippen LogP contribution in [0.5, 0.6) is 0 Å². The zero-order valence-electron chi connectivity index (χ0n) is 14.3. The number of nitrogens with zero attached hydrogens (tertiary/aromatic N) is 3. The predicted molar refractivity (Wildman–Crippen MR) is 103 cm³/mol. The first-order valence-electron chi connectivity index (χ1n) is 8.47. The number of fused-ring (bicyclic) bond motifs is 4. The average Bonchev–Trinajstić information content (AvgIpc) is 3.22. The van der Waals surface area contributed by atoms with Crippen molar-refractivity contribution in [2.24, 2.45) is 0 Å². The SMILES string of the molecule is C[C@H]1C(=O)N2C=Cc3ccccc3[C@H]2N1S(=O)(=O)c1nc2ccccc2s1. The molecule has 2 aliphatic heterocycles. The van der Waals surface area contributed by atoms with Gasteiger partial charge in [-0.25, -0.2) is 13.4 Å². The Kier molecular flexibility index (Phi) is 3.52. The lowest BCUT2D eigenvalue weighted by atomic mass is 10.0. The van der Waals surface area contributed by atoms with Gasteiger partial charge in [0.15, 0.2) is 0 Å². The highest BCUT2D eigenvalue weighted by atomic mass is 32.2. The van der Waals surface area contributed by atoms with Crippen LogP contribution in [-0.4, -0.2) is 34.6 Å². The number of hydrogen-bond acceptors (Lipinski definition) is 5. The third kappa shape index (κ3) is 2.30. The van der Waals surface area contributed by atoms with E-state index in [4.69, 9.17) is 0 Å². The van der Waals surface area contributed by atoms with Gasteiger partial charge in [-0.1, -0.05) is 36.4 Å². The van der Waals surface area contributed by atoms with E-state index in [0.29, 0.717) is 5.52 Å². The number of rotatable bonds is 2. The Morgan fingerprint density at radius 2 is 1.81 bits per heavy atom. The van der Waals surface area contributed by atoms with Gasteiger partial charge in [0.05, 0.1) is 10.2 Å². The second-order valence-electron chi connectivity index (χ2n) is 6.52. The molecule has 1 amide bonds. The van der Waals surface area contributed by atoms with Crippen molar-refractivity contribution in [3.63, 3.8) is 0 Å². The molecular formula is C19H15N3O3S2. The van der Waals surface area contributed by atoms with Crippen molar-refractivity contribution in [3.05, 3.63) is 65.9 Å². The molecule has 27 heavy (non-hydrogen) atoms. The van der Waals surface area contributed by atoms with Crippen molar-refractivity contribution in [3.8, 4) is 0 Å². The highest BCUT2D eigenvalue weighted by Gasteiger charge is 2.52. The maximum atomic E-state index is 13.5. The van der Waals surface area contributed by atoms with E-state index in [1.165, 1.54) is 9.21 Å². The monoisotopic (exact) mass is 397 g/mol. The molecule has 8 heteroatoms. The Bertz CT molecular complexity index is 1180. The second-order valence-corrected chi connectivity index (χ2v) is 9.57. The highest BCUT2D eigenvalue weighted by Crippen LogP contribution is 2.43. The Morgan fingerprint density at radius 1 is 1.07 bits per heavy atom. The number of benzene rings is 2. The molecule has 0 aliphatic carbocycles. The van der Waals surface area contributed by atoms with E-state index in [-0.39, 0.29) is 10.2 Å². The first-order valence-corrected chi connectivity index (χ1v) is 10.7. The van der Waals surface area contributed by atoms with Crippen molar-refractivity contribution < 1.29 is 13.2 Å². The van der Waals surface area contributed by atoms with Gasteiger partial charge in [-0.15, -0.1) is 11.3 Å². The smallest absolute Gasteiger partial charge is 0.273 e. The molecule has 3 aromatic rings. The van der Waals surface area contributed by atoms with Gasteiger partial charge >= 0.3 is 0 Å². The molecule has 0 saturated carbocycles. The van der Waals surface area contributed by atoms with Crippen LogP contribution in [0.3, 0.4) is 0 Å². The average molecular weight is 397 g/mol. The normalized spacial score (nSPS) is 22.3. The standard InChI is InChI=1S/C19H15N3O3S2/c1-12-18(23)21-11-10-13-6-2-3-7-14(13)17(21)22(12)27(24,25)19-20-15-8-4-5-9-16(15)26-19/h2-12,17H,1H3/t12-,17+/m0/s1. The van der Waals surface area contributed by atoms with Crippen LogP contribution < -0.4 is 0 Å². The topological polar surface area (TPSA) is 70.6 Å². The summed E-state index contributed by atoms with van der Waals surface area (Å²) in [4.78, 5) is 18.6. The maximum Gasteiger partial charge on any atom is 0.273 e. The van der Waals surface area contributed by atoms with E-state index in [1.54, 1.807) is 19.2 Å². The fraction of sp³-hybridized carbons (Fsp3) is 0.158. The van der Waals surface area contributed by atoms with Crippen LogP contribution in [0.2, 0.25) is 0 Å². The summed E-state index contributed by atoms with van der Waals surface area (Å²) in [6.45, 7) is 1.63. The van der Waals surface area contributed by atoms with E-state index in [1.807, 2.05) is 48.5 Å². The van der Waals surface area contributed by atoms with Gasteiger partial charge in [-0.3, -0.25) is 9.69 Å². The molecule has 2 aromatic carbocycles. The summed E-state index contributed by atoms with van der Waals surface area (Å²) in [5, 5.41) is 0. The molecule has 0 radical (unpaired) electrons. The van der Waals surface area contributed by atoms with Crippen LogP contribution in [0.1, 0.15) is 24.2 Å². The quantitative estimate of drug-likeness (QED) is 0.666. The largest absolute Gasteiger partial charge is 0.296 e. The number of hydrogen-bond donors (Lipinski definition) is 0. The number of aromatic nitrogens is 1. The van der Waals surface area contributed by atoms with Gasteiger partial charge in [-0.05, 0) is 36.3 Å². The molecule has 2 atom stereocenters. The molecule has 0 N–H and O–H groups in total. The summed E-state index contributed by atoms with van der Waals surface area (Å²) in [6.07, 6.45) is 2.81. The first kappa shape index (κ1) is 16.6. The Morgan fingerprint density at radius 3 is 2.63 bits per heavy atom. The molecule has 3 heterocycles. The maximum absolute atomic E-state index is 13.5. The zero-order valence-corrected chi connectivity index (χ0v) is 15.9.